The lowest BCUT2D eigenvalue weighted by molar-refractivity contribution is -0.128. The van der Waals surface area contributed by atoms with Gasteiger partial charge in [-0.3, -0.25) is 9.59 Å². The Morgan fingerprint density at radius 1 is 1.33 bits per heavy atom. The maximum Gasteiger partial charge on any atom is 0.253 e. The van der Waals surface area contributed by atoms with Gasteiger partial charge in [0.25, 0.3) is 5.91 Å². The van der Waals surface area contributed by atoms with Crippen LogP contribution in [0, 0.1) is 0 Å². The lowest BCUT2D eigenvalue weighted by atomic mass is 10.1. The third-order valence-electron chi connectivity index (χ3n) is 4.17. The van der Waals surface area contributed by atoms with Gasteiger partial charge in [-0.25, -0.2) is 0 Å². The zero-order chi connectivity index (χ0) is 14.8. The van der Waals surface area contributed by atoms with Crippen LogP contribution in [0.15, 0.2) is 24.3 Å². The predicted octanol–water partition coefficient (Wildman–Crippen LogP) is 1.02. The number of benzene rings is 1. The monoisotopic (exact) mass is 288 g/mol. The van der Waals surface area contributed by atoms with Gasteiger partial charge in [-0.15, -0.1) is 0 Å². The van der Waals surface area contributed by atoms with Gasteiger partial charge in [0, 0.05) is 38.2 Å². The first-order valence-corrected chi connectivity index (χ1v) is 7.47. The Morgan fingerprint density at radius 2 is 2.19 bits per heavy atom. The first-order valence-electron chi connectivity index (χ1n) is 7.47. The van der Waals surface area contributed by atoms with E-state index in [1.807, 2.05) is 23.1 Å². The van der Waals surface area contributed by atoms with Gasteiger partial charge in [-0.1, -0.05) is 12.1 Å². The molecule has 2 saturated heterocycles. The second-order valence-corrected chi connectivity index (χ2v) is 5.81. The average molecular weight is 288 g/mol. The van der Waals surface area contributed by atoms with Crippen LogP contribution in [0.2, 0.25) is 0 Å². The number of aliphatic hydroxyl groups excluding tert-OH is 1. The van der Waals surface area contributed by atoms with Crippen LogP contribution in [0.5, 0.6) is 0 Å². The zero-order valence-corrected chi connectivity index (χ0v) is 12.0. The summed E-state index contributed by atoms with van der Waals surface area (Å²) in [5.41, 5.74) is 1.61. The van der Waals surface area contributed by atoms with E-state index in [4.69, 9.17) is 0 Å². The summed E-state index contributed by atoms with van der Waals surface area (Å²) >= 11 is 0. The Balaban J connectivity index is 1.70. The third kappa shape index (κ3) is 3.08. The molecule has 0 aliphatic carbocycles. The highest BCUT2D eigenvalue weighted by molar-refractivity contribution is 5.94. The van der Waals surface area contributed by atoms with E-state index in [1.165, 1.54) is 0 Å². The number of likely N-dealkylation sites (tertiary alicyclic amines) is 2. The van der Waals surface area contributed by atoms with Crippen molar-refractivity contribution >= 4 is 11.8 Å². The molecule has 0 spiro atoms. The minimum atomic E-state index is -0.403. The van der Waals surface area contributed by atoms with Crippen molar-refractivity contribution in [1.82, 2.24) is 9.80 Å². The summed E-state index contributed by atoms with van der Waals surface area (Å²) in [7, 11) is 0. The summed E-state index contributed by atoms with van der Waals surface area (Å²) < 4.78 is 0. The quantitative estimate of drug-likeness (QED) is 0.903. The van der Waals surface area contributed by atoms with Crippen molar-refractivity contribution in [2.75, 3.05) is 19.6 Å². The molecule has 0 radical (unpaired) electrons. The van der Waals surface area contributed by atoms with Crippen LogP contribution in [0.25, 0.3) is 0 Å². The van der Waals surface area contributed by atoms with E-state index in [-0.39, 0.29) is 11.8 Å². The second kappa shape index (κ2) is 5.85. The van der Waals surface area contributed by atoms with Gasteiger partial charge in [0.1, 0.15) is 0 Å². The maximum absolute atomic E-state index is 12.4. The number of amides is 2. The lowest BCUT2D eigenvalue weighted by Crippen LogP contribution is -2.29. The van der Waals surface area contributed by atoms with Gasteiger partial charge in [0.15, 0.2) is 0 Å². The zero-order valence-electron chi connectivity index (χ0n) is 12.0. The molecule has 1 atom stereocenters. The molecule has 0 unspecified atom stereocenters. The van der Waals surface area contributed by atoms with Crippen molar-refractivity contribution in [3.05, 3.63) is 35.4 Å². The molecule has 0 aromatic heterocycles. The van der Waals surface area contributed by atoms with Crippen LogP contribution >= 0.6 is 0 Å². The molecule has 1 aromatic rings. The van der Waals surface area contributed by atoms with E-state index in [1.54, 1.807) is 11.0 Å². The van der Waals surface area contributed by atoms with E-state index >= 15 is 0 Å². The van der Waals surface area contributed by atoms with Gasteiger partial charge in [-0.05, 0) is 30.5 Å². The topological polar surface area (TPSA) is 60.9 Å². The summed E-state index contributed by atoms with van der Waals surface area (Å²) in [5.74, 6) is 0.149. The minimum Gasteiger partial charge on any atom is -0.391 e. The lowest BCUT2D eigenvalue weighted by Gasteiger charge is -2.18. The Kier molecular flexibility index (Phi) is 3.92. The van der Waals surface area contributed by atoms with Gasteiger partial charge < -0.3 is 14.9 Å². The van der Waals surface area contributed by atoms with Crippen molar-refractivity contribution in [2.45, 2.75) is 31.9 Å². The van der Waals surface area contributed by atoms with E-state index < -0.39 is 6.10 Å². The fourth-order valence-electron chi connectivity index (χ4n) is 3.00. The van der Waals surface area contributed by atoms with Gasteiger partial charge in [-0.2, -0.15) is 0 Å². The van der Waals surface area contributed by atoms with Gasteiger partial charge >= 0.3 is 0 Å². The third-order valence-corrected chi connectivity index (χ3v) is 4.17. The highest BCUT2D eigenvalue weighted by atomic mass is 16.3. The molecular formula is C16H20N2O3. The molecule has 2 aliphatic rings. The predicted molar refractivity (Wildman–Crippen MR) is 77.6 cm³/mol. The van der Waals surface area contributed by atoms with Crippen molar-refractivity contribution in [2.24, 2.45) is 0 Å². The molecule has 3 rings (SSSR count). The SMILES string of the molecule is O=C1CCCN1Cc1cccc(C(=O)N2CC[C@@H](O)C2)c1. The maximum atomic E-state index is 12.4. The molecule has 2 amide bonds. The molecule has 2 aliphatic heterocycles. The van der Waals surface area contributed by atoms with Crippen molar-refractivity contribution in [1.29, 1.82) is 0 Å². The molecule has 0 saturated carbocycles. The second-order valence-electron chi connectivity index (χ2n) is 5.81. The highest BCUT2D eigenvalue weighted by Gasteiger charge is 2.26. The van der Waals surface area contributed by atoms with Crippen LogP contribution in [0.4, 0.5) is 0 Å². The number of β-amino-alcohol motifs (C(OH)–C–C–N with tert-alkyl or cyclic N) is 1. The molecule has 5 heteroatoms. The fourth-order valence-corrected chi connectivity index (χ4v) is 3.00. The van der Waals surface area contributed by atoms with Crippen LogP contribution in [0.3, 0.4) is 0 Å². The Hall–Kier alpha value is -1.88. The standard InChI is InChI=1S/C16H20N2O3/c19-14-6-8-18(11-14)16(21)13-4-1-3-12(9-13)10-17-7-2-5-15(17)20/h1,3-4,9,14,19H,2,5-8,10-11H2/t14-/m1/s1. The van der Waals surface area contributed by atoms with Crippen molar-refractivity contribution < 1.29 is 14.7 Å². The van der Waals surface area contributed by atoms with Crippen LogP contribution < -0.4 is 0 Å². The summed E-state index contributed by atoms with van der Waals surface area (Å²) in [6, 6.07) is 7.46. The molecule has 0 bridgehead atoms. The highest BCUT2D eigenvalue weighted by Crippen LogP contribution is 2.17. The van der Waals surface area contributed by atoms with Crippen LogP contribution in [0.1, 0.15) is 35.2 Å². The molecule has 21 heavy (non-hydrogen) atoms. The summed E-state index contributed by atoms with van der Waals surface area (Å²) in [5, 5.41) is 9.53. The van der Waals surface area contributed by atoms with Gasteiger partial charge in [0.2, 0.25) is 5.91 Å². The average Bonchev–Trinajstić information content (AvgIpc) is 3.08. The fraction of sp³-hybridized carbons (Fsp3) is 0.500. The molecule has 1 aromatic carbocycles. The summed E-state index contributed by atoms with van der Waals surface area (Å²) in [6.07, 6.45) is 1.79. The number of hydrogen-bond acceptors (Lipinski definition) is 3. The van der Waals surface area contributed by atoms with E-state index in [0.29, 0.717) is 38.0 Å². The van der Waals surface area contributed by atoms with Crippen molar-refractivity contribution in [3.63, 3.8) is 0 Å². The number of rotatable bonds is 3. The number of aliphatic hydroxyl groups is 1. The molecule has 2 fully saturated rings. The Morgan fingerprint density at radius 3 is 2.86 bits per heavy atom. The summed E-state index contributed by atoms with van der Waals surface area (Å²) in [6.45, 7) is 2.39. The molecule has 2 heterocycles. The minimum absolute atomic E-state index is 0.0406. The first-order chi connectivity index (χ1) is 10.1. The van der Waals surface area contributed by atoms with Crippen LogP contribution in [-0.2, 0) is 11.3 Å². The number of carbonyl (C=O) groups excluding carboxylic acids is 2. The Bertz CT molecular complexity index is 558. The van der Waals surface area contributed by atoms with Crippen LogP contribution in [-0.4, -0.2) is 52.5 Å². The van der Waals surface area contributed by atoms with E-state index in [9.17, 15) is 14.7 Å². The largest absolute Gasteiger partial charge is 0.391 e. The number of nitrogens with zero attached hydrogens (tertiary/aromatic N) is 2. The van der Waals surface area contributed by atoms with E-state index in [0.717, 1.165) is 18.5 Å². The molecular weight excluding hydrogens is 268 g/mol. The smallest absolute Gasteiger partial charge is 0.253 e. The summed E-state index contributed by atoms with van der Waals surface area (Å²) in [4.78, 5) is 27.6. The number of carbonyl (C=O) groups is 2. The molecule has 112 valence electrons. The number of hydrogen-bond donors (Lipinski definition) is 1. The van der Waals surface area contributed by atoms with Crippen molar-refractivity contribution in [3.8, 4) is 0 Å². The van der Waals surface area contributed by atoms with Gasteiger partial charge in [0.05, 0.1) is 6.10 Å². The van der Waals surface area contributed by atoms with E-state index in [2.05, 4.69) is 0 Å². The normalized spacial score (nSPS) is 22.1. The molecule has 1 N–H and O–H groups in total. The molecule has 5 nitrogen and oxygen atoms in total. The Labute approximate surface area is 124 Å². The first kappa shape index (κ1) is 14.1.